The van der Waals surface area contributed by atoms with Crippen LogP contribution >= 0.6 is 0 Å². The summed E-state index contributed by atoms with van der Waals surface area (Å²) in [7, 11) is 0. The predicted molar refractivity (Wildman–Crippen MR) is 104 cm³/mol. The molecule has 0 amide bonds. The van der Waals surface area contributed by atoms with Crippen LogP contribution in [0.3, 0.4) is 0 Å². The third-order valence-electron chi connectivity index (χ3n) is 3.17. The summed E-state index contributed by atoms with van der Waals surface area (Å²) in [4.78, 5) is 9.09. The van der Waals surface area contributed by atoms with Crippen molar-refractivity contribution in [2.75, 3.05) is 26.4 Å². The minimum atomic E-state index is -2.98. The molecule has 0 atom stereocenters. The summed E-state index contributed by atoms with van der Waals surface area (Å²) >= 11 is -5.96. The molecule has 0 aromatic carbocycles. The van der Waals surface area contributed by atoms with E-state index >= 15 is 0 Å². The van der Waals surface area contributed by atoms with Crippen molar-refractivity contribution in [2.45, 2.75) is 47.5 Å². The second-order valence-electron chi connectivity index (χ2n) is 6.10. The summed E-state index contributed by atoms with van der Waals surface area (Å²) < 4.78 is 30.4. The van der Waals surface area contributed by atoms with E-state index in [9.17, 15) is 0 Å². The fourth-order valence-electron chi connectivity index (χ4n) is 2.34. The van der Waals surface area contributed by atoms with E-state index in [1.807, 2.05) is 27.7 Å². The van der Waals surface area contributed by atoms with Gasteiger partial charge in [0.15, 0.2) is 0 Å². The number of rotatable bonds is 8. The molecule has 0 spiro atoms. The standard InChI is InChI=1S/C6H10O2.2C4H5O.4CH3.2Sn/c1-4-7-6(3)8-5-2;2*1-3-5-4-2;;;;;;/h4-5H2,1-2H3;2*3H2,1H3;4*1H3;;. The van der Waals surface area contributed by atoms with Gasteiger partial charge in [-0.1, -0.05) is 0 Å². The molecule has 0 aromatic heterocycles. The van der Waals surface area contributed by atoms with Crippen LogP contribution in [0, 0.1) is 20.1 Å². The van der Waals surface area contributed by atoms with E-state index in [0.29, 0.717) is 32.4 Å². The number of hydrogen-bond donors (Lipinski definition) is 0. The molecular weight excluding hydrogens is 518 g/mol. The molecule has 6 heteroatoms. The fraction of sp³-hybridized carbons (Fsp3) is 0.667. The summed E-state index contributed by atoms with van der Waals surface area (Å²) in [6, 6.07) is 0. The van der Waals surface area contributed by atoms with E-state index in [4.69, 9.17) is 18.9 Å². The molecule has 4 nitrogen and oxygen atoms in total. The van der Waals surface area contributed by atoms with E-state index in [0.717, 1.165) is 0 Å². The van der Waals surface area contributed by atoms with Crippen LogP contribution in [-0.4, -0.2) is 63.2 Å². The second-order valence-corrected chi connectivity index (χ2v) is 33.0. The van der Waals surface area contributed by atoms with Gasteiger partial charge in [0.1, 0.15) is 0 Å². The first-order chi connectivity index (χ1) is 11.3. The molecule has 0 unspecified atom stereocenters. The molecular formula is C18H32O4Sn2. The van der Waals surface area contributed by atoms with Gasteiger partial charge in [0.05, 0.1) is 0 Å². The van der Waals surface area contributed by atoms with Crippen molar-refractivity contribution >= 4 is 36.8 Å². The van der Waals surface area contributed by atoms with Crippen LogP contribution in [0.1, 0.15) is 27.7 Å². The molecule has 0 radical (unpaired) electrons. The Kier molecular flexibility index (Phi) is 11.9. The van der Waals surface area contributed by atoms with Crippen LogP contribution in [0.2, 0.25) is 19.8 Å². The molecule has 0 saturated carbocycles. The van der Waals surface area contributed by atoms with Gasteiger partial charge >= 0.3 is 157 Å². The van der Waals surface area contributed by atoms with Gasteiger partial charge in [-0.25, -0.2) is 0 Å². The summed E-state index contributed by atoms with van der Waals surface area (Å²) in [6.07, 6.45) is 5.77. The van der Waals surface area contributed by atoms with Crippen molar-refractivity contribution in [1.29, 1.82) is 0 Å². The van der Waals surface area contributed by atoms with Crippen LogP contribution < -0.4 is 0 Å². The van der Waals surface area contributed by atoms with Gasteiger partial charge in [-0.05, 0) is 0 Å². The van der Waals surface area contributed by atoms with E-state index < -0.39 is 36.8 Å². The number of hydrogen-bond acceptors (Lipinski definition) is 4. The second kappa shape index (κ2) is 12.1. The van der Waals surface area contributed by atoms with Crippen LogP contribution in [0.15, 0.2) is 7.55 Å². The van der Waals surface area contributed by atoms with Crippen LogP contribution in [0.5, 0.6) is 0 Å². The summed E-state index contributed by atoms with van der Waals surface area (Å²) in [5, 5.41) is 0. The summed E-state index contributed by atoms with van der Waals surface area (Å²) in [5.74, 6) is 0.665. The van der Waals surface area contributed by atoms with Crippen LogP contribution in [0.25, 0.3) is 0 Å². The molecule has 24 heavy (non-hydrogen) atoms. The third kappa shape index (κ3) is 8.16. The van der Waals surface area contributed by atoms with Gasteiger partial charge in [-0.2, -0.15) is 0 Å². The molecule has 0 saturated heterocycles. The Morgan fingerprint density at radius 1 is 0.667 bits per heavy atom. The Labute approximate surface area is 156 Å². The Hall–Kier alpha value is -0.343. The Morgan fingerprint density at radius 3 is 1.33 bits per heavy atom. The Bertz CT molecular complexity index is 485. The maximum atomic E-state index is 5.88. The summed E-state index contributed by atoms with van der Waals surface area (Å²) in [6.45, 7) is 10.1. The molecule has 0 aliphatic heterocycles. The maximum absolute atomic E-state index is 5.88. The van der Waals surface area contributed by atoms with E-state index in [1.54, 1.807) is 0 Å². The fourth-order valence-corrected chi connectivity index (χ4v) is 45.4. The molecule has 0 fully saturated rings. The van der Waals surface area contributed by atoms with Crippen molar-refractivity contribution in [2.24, 2.45) is 0 Å². The van der Waals surface area contributed by atoms with Crippen LogP contribution in [-0.2, 0) is 18.9 Å². The van der Waals surface area contributed by atoms with Gasteiger partial charge in [0, 0.05) is 0 Å². The Morgan fingerprint density at radius 2 is 1.04 bits per heavy atom. The van der Waals surface area contributed by atoms with Crippen LogP contribution in [0.4, 0.5) is 0 Å². The molecule has 0 rings (SSSR count). The molecule has 0 N–H and O–H groups in total. The van der Waals surface area contributed by atoms with Gasteiger partial charge in [0.25, 0.3) is 0 Å². The average Bonchev–Trinajstić information content (AvgIpc) is 2.47. The van der Waals surface area contributed by atoms with Gasteiger partial charge < -0.3 is 0 Å². The van der Waals surface area contributed by atoms with Gasteiger partial charge in [-0.3, -0.25) is 0 Å². The zero-order valence-corrected chi connectivity index (χ0v) is 22.2. The first-order valence-corrected chi connectivity index (χ1v) is 25.7. The normalized spacial score (nSPS) is 10.5. The average molecular weight is 550 g/mol. The van der Waals surface area contributed by atoms with E-state index in [2.05, 4.69) is 39.8 Å². The monoisotopic (exact) mass is 552 g/mol. The predicted octanol–water partition coefficient (Wildman–Crippen LogP) is 3.84. The minimum absolute atomic E-state index is 0.570. The van der Waals surface area contributed by atoms with Crippen molar-refractivity contribution < 1.29 is 18.9 Å². The molecule has 0 aliphatic carbocycles. The molecule has 0 aromatic rings. The quantitative estimate of drug-likeness (QED) is 0.262. The van der Waals surface area contributed by atoms with Crippen molar-refractivity contribution in [1.82, 2.24) is 0 Å². The topological polar surface area (TPSA) is 36.9 Å². The molecule has 0 heterocycles. The van der Waals surface area contributed by atoms with Crippen molar-refractivity contribution in [3.05, 3.63) is 7.55 Å². The Balaban J connectivity index is 6.16. The third-order valence-corrected chi connectivity index (χ3v) is 39.5. The van der Waals surface area contributed by atoms with E-state index in [1.165, 1.54) is 1.60 Å². The SMILES string of the molecule is CCOC#[C][Sn]([CH3])([CH3])[C](=C(OCC)OCC)[Sn]([CH3])([CH3])[C]#COCC. The van der Waals surface area contributed by atoms with Crippen molar-refractivity contribution in [3.8, 4) is 20.1 Å². The first-order valence-electron chi connectivity index (χ1n) is 8.55. The first kappa shape index (κ1) is 23.7. The van der Waals surface area contributed by atoms with Crippen molar-refractivity contribution in [3.63, 3.8) is 0 Å². The van der Waals surface area contributed by atoms with Gasteiger partial charge in [-0.15, -0.1) is 0 Å². The molecule has 136 valence electrons. The number of ether oxygens (including phenoxy) is 4. The zero-order chi connectivity index (χ0) is 18.6. The van der Waals surface area contributed by atoms with E-state index in [-0.39, 0.29) is 0 Å². The summed E-state index contributed by atoms with van der Waals surface area (Å²) in [5.41, 5.74) is 0. The molecule has 0 bridgehead atoms. The van der Waals surface area contributed by atoms with Gasteiger partial charge in [0.2, 0.25) is 0 Å². The molecule has 0 aliphatic rings. The zero-order valence-electron chi connectivity index (χ0n) is 16.5.